The van der Waals surface area contributed by atoms with E-state index >= 15 is 0 Å². The molecule has 2 N–H and O–H groups in total. The minimum atomic E-state index is -1.21. The van der Waals surface area contributed by atoms with Crippen molar-refractivity contribution in [3.63, 3.8) is 0 Å². The first kappa shape index (κ1) is 18.0. The van der Waals surface area contributed by atoms with Crippen LogP contribution in [0.1, 0.15) is 11.1 Å². The van der Waals surface area contributed by atoms with Gasteiger partial charge in [-0.2, -0.15) is 0 Å². The Hall–Kier alpha value is -1.79. The third-order valence-corrected chi connectivity index (χ3v) is 4.62. The molecule has 1 aliphatic heterocycles. The molecule has 0 spiro atoms. The van der Waals surface area contributed by atoms with Crippen molar-refractivity contribution in [2.24, 2.45) is 0 Å². The zero-order chi connectivity index (χ0) is 17.6. The van der Waals surface area contributed by atoms with Gasteiger partial charge in [0.2, 0.25) is 0 Å². The largest absolute Gasteiger partial charge is 0.394 e. The first-order valence-corrected chi connectivity index (χ1v) is 8.55. The van der Waals surface area contributed by atoms with E-state index in [0.717, 1.165) is 11.1 Å². The molecular weight excluding hydrogens is 321 g/mol. The van der Waals surface area contributed by atoms with Crippen LogP contribution in [0.15, 0.2) is 60.7 Å². The summed E-state index contributed by atoms with van der Waals surface area (Å²) in [6.07, 6.45) is -3.03. The van der Waals surface area contributed by atoms with E-state index in [0.29, 0.717) is 6.54 Å². The van der Waals surface area contributed by atoms with Gasteiger partial charge >= 0.3 is 0 Å². The summed E-state index contributed by atoms with van der Waals surface area (Å²) in [6.45, 7) is 0.540. The van der Waals surface area contributed by atoms with Crippen molar-refractivity contribution in [2.75, 3.05) is 13.2 Å². The van der Waals surface area contributed by atoms with E-state index in [4.69, 9.17) is 4.74 Å². The topological polar surface area (TPSA) is 52.9 Å². The molecule has 3 rings (SSSR count). The van der Waals surface area contributed by atoms with Gasteiger partial charge in [-0.25, -0.2) is 4.39 Å². The summed E-state index contributed by atoms with van der Waals surface area (Å²) in [5.41, 5.74) is 1.99. The fraction of sp³-hybridized carbons (Fsp3) is 0.400. The Morgan fingerprint density at radius 3 is 2.24 bits per heavy atom. The van der Waals surface area contributed by atoms with Gasteiger partial charge in [0, 0.05) is 13.1 Å². The molecule has 0 bridgehead atoms. The number of benzene rings is 2. The third-order valence-electron chi connectivity index (χ3n) is 4.62. The predicted octanol–water partition coefficient (Wildman–Crippen LogP) is 2.15. The van der Waals surface area contributed by atoms with Gasteiger partial charge in [-0.05, 0) is 11.1 Å². The van der Waals surface area contributed by atoms with E-state index in [1.807, 2.05) is 65.6 Å². The minimum absolute atomic E-state index is 0.177. The van der Waals surface area contributed by atoms with Crippen LogP contribution in [0.4, 0.5) is 4.39 Å². The Balaban J connectivity index is 1.72. The molecule has 1 saturated heterocycles. The summed E-state index contributed by atoms with van der Waals surface area (Å²) in [7, 11) is 0. The number of hydrogen-bond donors (Lipinski definition) is 2. The number of likely N-dealkylation sites (tertiary alicyclic amines) is 1. The number of hydrogen-bond acceptors (Lipinski definition) is 4. The quantitative estimate of drug-likeness (QED) is 0.807. The Bertz CT molecular complexity index is 640. The first-order valence-electron chi connectivity index (χ1n) is 8.55. The van der Waals surface area contributed by atoms with Gasteiger partial charge in [-0.3, -0.25) is 4.90 Å². The second kappa shape index (κ2) is 8.54. The number of aliphatic hydroxyl groups excluding tert-OH is 2. The normalized spacial score (nSPS) is 25.2. The zero-order valence-electron chi connectivity index (χ0n) is 14.0. The Labute approximate surface area is 147 Å². The van der Waals surface area contributed by atoms with Gasteiger partial charge in [0.25, 0.3) is 0 Å². The van der Waals surface area contributed by atoms with E-state index in [-0.39, 0.29) is 13.2 Å². The Kier molecular flexibility index (Phi) is 6.15. The molecule has 2 aromatic carbocycles. The molecule has 1 heterocycles. The fourth-order valence-corrected chi connectivity index (χ4v) is 3.40. The third kappa shape index (κ3) is 4.44. The number of alkyl halides is 1. The van der Waals surface area contributed by atoms with Gasteiger partial charge in [0.1, 0.15) is 12.3 Å². The molecule has 1 aliphatic rings. The van der Waals surface area contributed by atoms with Crippen LogP contribution in [0, 0.1) is 0 Å². The molecule has 4 atom stereocenters. The highest BCUT2D eigenvalue weighted by molar-refractivity contribution is 5.16. The molecule has 0 saturated carbocycles. The van der Waals surface area contributed by atoms with Crippen LogP contribution in [0.2, 0.25) is 0 Å². The maximum absolute atomic E-state index is 14.6. The monoisotopic (exact) mass is 345 g/mol. The van der Waals surface area contributed by atoms with Crippen molar-refractivity contribution in [1.29, 1.82) is 0 Å². The molecule has 5 heteroatoms. The van der Waals surface area contributed by atoms with E-state index in [1.54, 1.807) is 0 Å². The average molecular weight is 345 g/mol. The standard InChI is InChI=1S/C20H24FNO3/c21-17-12-22(11-15-7-3-1-4-8-15)19(18(24)13-23)20(17)25-14-16-9-5-2-6-10-16/h1-10,17-20,23-24H,11-14H2/t17-,18-,19-,20+/m1/s1. The molecule has 0 radical (unpaired) electrons. The van der Waals surface area contributed by atoms with Crippen molar-refractivity contribution < 1.29 is 19.3 Å². The average Bonchev–Trinajstić information content (AvgIpc) is 2.96. The van der Waals surface area contributed by atoms with Crippen LogP contribution >= 0.6 is 0 Å². The predicted molar refractivity (Wildman–Crippen MR) is 93.6 cm³/mol. The van der Waals surface area contributed by atoms with Crippen molar-refractivity contribution >= 4 is 0 Å². The SMILES string of the molecule is OC[C@@H](O)[C@@H]1[C@@H](OCc2ccccc2)[C@H](F)CN1Cc1ccccc1. The van der Waals surface area contributed by atoms with Crippen LogP contribution in [-0.4, -0.2) is 52.7 Å². The molecule has 25 heavy (non-hydrogen) atoms. The minimum Gasteiger partial charge on any atom is -0.394 e. The highest BCUT2D eigenvalue weighted by atomic mass is 19.1. The van der Waals surface area contributed by atoms with Crippen LogP contribution in [0.25, 0.3) is 0 Å². The van der Waals surface area contributed by atoms with E-state index < -0.39 is 31.0 Å². The summed E-state index contributed by atoms with van der Waals surface area (Å²) in [5.74, 6) is 0. The van der Waals surface area contributed by atoms with Gasteiger partial charge in [-0.15, -0.1) is 0 Å². The second-order valence-corrected chi connectivity index (χ2v) is 6.43. The number of ether oxygens (including phenoxy) is 1. The van der Waals surface area contributed by atoms with Gasteiger partial charge in [-0.1, -0.05) is 60.7 Å². The first-order chi connectivity index (χ1) is 12.2. The van der Waals surface area contributed by atoms with E-state index in [9.17, 15) is 14.6 Å². The highest BCUT2D eigenvalue weighted by Gasteiger charge is 2.46. The molecule has 0 aromatic heterocycles. The molecule has 0 aliphatic carbocycles. The maximum Gasteiger partial charge on any atom is 0.140 e. The van der Waals surface area contributed by atoms with Crippen molar-refractivity contribution in [2.45, 2.75) is 37.6 Å². The lowest BCUT2D eigenvalue weighted by Gasteiger charge is -2.31. The Morgan fingerprint density at radius 2 is 1.64 bits per heavy atom. The molecule has 2 aromatic rings. The van der Waals surface area contributed by atoms with Gasteiger partial charge in [0.05, 0.1) is 25.4 Å². The maximum atomic E-state index is 14.6. The van der Waals surface area contributed by atoms with Crippen molar-refractivity contribution in [1.82, 2.24) is 4.90 Å². The number of halogens is 1. The number of aliphatic hydroxyl groups is 2. The smallest absolute Gasteiger partial charge is 0.140 e. The summed E-state index contributed by atoms with van der Waals surface area (Å²) < 4.78 is 20.4. The molecule has 0 amide bonds. The van der Waals surface area contributed by atoms with Crippen molar-refractivity contribution in [3.8, 4) is 0 Å². The van der Waals surface area contributed by atoms with E-state index in [1.165, 1.54) is 0 Å². The van der Waals surface area contributed by atoms with Crippen LogP contribution < -0.4 is 0 Å². The zero-order valence-corrected chi connectivity index (χ0v) is 14.0. The lowest BCUT2D eigenvalue weighted by atomic mass is 10.0. The van der Waals surface area contributed by atoms with Crippen LogP contribution in [0.5, 0.6) is 0 Å². The van der Waals surface area contributed by atoms with Crippen LogP contribution in [-0.2, 0) is 17.9 Å². The van der Waals surface area contributed by atoms with E-state index in [2.05, 4.69) is 0 Å². The van der Waals surface area contributed by atoms with Crippen LogP contribution in [0.3, 0.4) is 0 Å². The summed E-state index contributed by atoms with van der Waals surface area (Å²) in [5, 5.41) is 19.7. The van der Waals surface area contributed by atoms with Gasteiger partial charge < -0.3 is 14.9 Å². The molecule has 0 unspecified atom stereocenters. The summed E-state index contributed by atoms with van der Waals surface area (Å²) in [6, 6.07) is 18.7. The Morgan fingerprint density at radius 1 is 1.04 bits per heavy atom. The summed E-state index contributed by atoms with van der Waals surface area (Å²) >= 11 is 0. The lowest BCUT2D eigenvalue weighted by Crippen LogP contribution is -2.47. The molecular formula is C20H24FNO3. The number of rotatable bonds is 7. The molecule has 4 nitrogen and oxygen atoms in total. The molecule has 134 valence electrons. The highest BCUT2D eigenvalue weighted by Crippen LogP contribution is 2.29. The summed E-state index contributed by atoms with van der Waals surface area (Å²) in [4.78, 5) is 1.86. The van der Waals surface area contributed by atoms with Crippen molar-refractivity contribution in [3.05, 3.63) is 71.8 Å². The lowest BCUT2D eigenvalue weighted by molar-refractivity contribution is -0.0626. The van der Waals surface area contributed by atoms with Gasteiger partial charge in [0.15, 0.2) is 0 Å². The second-order valence-electron chi connectivity index (χ2n) is 6.43. The number of nitrogens with zero attached hydrogens (tertiary/aromatic N) is 1. The fourth-order valence-electron chi connectivity index (χ4n) is 3.40. The molecule has 1 fully saturated rings.